The summed E-state index contributed by atoms with van der Waals surface area (Å²) in [7, 11) is 3.25. The molecule has 0 radical (unpaired) electrons. The van der Waals surface area contributed by atoms with Gasteiger partial charge in [-0.1, -0.05) is 61.5 Å². The van der Waals surface area contributed by atoms with Crippen LogP contribution in [0.15, 0.2) is 78.9 Å². The molecule has 3 aromatic rings. The summed E-state index contributed by atoms with van der Waals surface area (Å²) in [6.45, 7) is 4.55. The summed E-state index contributed by atoms with van der Waals surface area (Å²) in [4.78, 5) is 23.1. The molecule has 0 fully saturated rings. The molecule has 0 aliphatic carbocycles. The lowest BCUT2D eigenvalue weighted by Gasteiger charge is -2.38. The van der Waals surface area contributed by atoms with Crippen LogP contribution in [-0.4, -0.2) is 56.6 Å². The van der Waals surface area contributed by atoms with E-state index in [1.54, 1.807) is 21.1 Å². The smallest absolute Gasteiger partial charge is 0.306 e. The lowest BCUT2D eigenvalue weighted by atomic mass is 9.80. The Morgan fingerprint density at radius 3 is 1.79 bits per heavy atom. The normalized spacial score (nSPS) is 12.8. The van der Waals surface area contributed by atoms with Gasteiger partial charge in [-0.3, -0.25) is 9.59 Å². The Morgan fingerprint density at radius 1 is 0.821 bits per heavy atom. The van der Waals surface area contributed by atoms with Crippen LogP contribution in [0.1, 0.15) is 43.4 Å². The van der Waals surface area contributed by atoms with Crippen molar-refractivity contribution in [2.24, 2.45) is 0 Å². The zero-order valence-corrected chi connectivity index (χ0v) is 22.9. The van der Waals surface area contributed by atoms with E-state index in [1.807, 2.05) is 85.8 Å². The number of aliphatic carboxylic acids is 1. The maximum atomic E-state index is 12.3. The number of carboxylic acids is 1. The number of hydrogen-bond acceptors (Lipinski definition) is 7. The van der Waals surface area contributed by atoms with E-state index >= 15 is 0 Å². The number of nitrogens with one attached hydrogen (secondary N) is 1. The highest BCUT2D eigenvalue weighted by Gasteiger charge is 2.39. The van der Waals surface area contributed by atoms with Gasteiger partial charge in [0.1, 0.15) is 23.2 Å². The van der Waals surface area contributed by atoms with Crippen molar-refractivity contribution in [2.75, 3.05) is 27.4 Å². The molecule has 0 amide bonds. The Morgan fingerprint density at radius 2 is 1.33 bits per heavy atom. The molecule has 2 atom stereocenters. The summed E-state index contributed by atoms with van der Waals surface area (Å²) in [6.07, 6.45) is -1.03. The van der Waals surface area contributed by atoms with Crippen LogP contribution in [-0.2, 0) is 24.7 Å². The topological polar surface area (TPSA) is 103 Å². The minimum Gasteiger partial charge on any atom is -0.497 e. The molecular formula is C31H37NO7. The van der Waals surface area contributed by atoms with Gasteiger partial charge in [-0.2, -0.15) is 0 Å². The molecule has 208 valence electrons. The van der Waals surface area contributed by atoms with Crippen molar-refractivity contribution >= 4 is 11.9 Å². The highest BCUT2D eigenvalue weighted by atomic mass is 16.5. The molecule has 0 bridgehead atoms. The highest BCUT2D eigenvalue weighted by molar-refractivity contribution is 5.76. The van der Waals surface area contributed by atoms with Crippen molar-refractivity contribution in [3.8, 4) is 11.5 Å². The number of ether oxygens (including phenoxy) is 4. The molecule has 8 heteroatoms. The maximum absolute atomic E-state index is 12.3. The van der Waals surface area contributed by atoms with Crippen molar-refractivity contribution in [2.45, 2.75) is 44.4 Å². The standard InChI is InChI=1S/C31H37NO7/c1-5-32-28(22(2)39-30(35)20-19-29(33)34)21-38-31(23-9-7-6-8-10-23,24-11-15-26(36-3)16-12-24)25-13-17-27(37-4)18-14-25/h6-18,22,28,32H,5,19-21H2,1-4H3,(H,33,34). The lowest BCUT2D eigenvalue weighted by molar-refractivity contribution is -0.153. The first-order valence-corrected chi connectivity index (χ1v) is 13.0. The van der Waals surface area contributed by atoms with Crippen LogP contribution in [0.25, 0.3) is 0 Å². The largest absolute Gasteiger partial charge is 0.497 e. The number of carbonyl (C=O) groups is 2. The first kappa shape index (κ1) is 29.7. The quantitative estimate of drug-likeness (QED) is 0.212. The predicted molar refractivity (Wildman–Crippen MR) is 148 cm³/mol. The number of hydrogen-bond donors (Lipinski definition) is 2. The Kier molecular flexibility index (Phi) is 10.9. The van der Waals surface area contributed by atoms with Gasteiger partial charge in [0.2, 0.25) is 0 Å². The zero-order chi connectivity index (χ0) is 28.3. The van der Waals surface area contributed by atoms with Crippen LogP contribution in [0.5, 0.6) is 11.5 Å². The average Bonchev–Trinajstić information content (AvgIpc) is 2.96. The number of carboxylic acid groups (broad SMARTS) is 1. The average molecular weight is 536 g/mol. The summed E-state index contributed by atoms with van der Waals surface area (Å²) < 4.78 is 23.3. The summed E-state index contributed by atoms with van der Waals surface area (Å²) >= 11 is 0. The SMILES string of the molecule is CCNC(COC(c1ccccc1)(c1ccc(OC)cc1)c1ccc(OC)cc1)C(C)OC(=O)CCC(=O)O. The molecule has 2 N–H and O–H groups in total. The van der Waals surface area contributed by atoms with Gasteiger partial charge in [0.25, 0.3) is 0 Å². The van der Waals surface area contributed by atoms with Gasteiger partial charge >= 0.3 is 11.9 Å². The minimum atomic E-state index is -1.04. The molecule has 0 saturated carbocycles. The molecular weight excluding hydrogens is 498 g/mol. The van der Waals surface area contributed by atoms with Crippen molar-refractivity contribution < 1.29 is 33.6 Å². The van der Waals surface area contributed by atoms with Crippen molar-refractivity contribution in [3.05, 3.63) is 95.6 Å². The van der Waals surface area contributed by atoms with E-state index in [1.165, 1.54) is 0 Å². The van der Waals surface area contributed by atoms with Gasteiger partial charge in [0.15, 0.2) is 0 Å². The Bertz CT molecular complexity index is 1130. The van der Waals surface area contributed by atoms with Gasteiger partial charge in [-0.05, 0) is 54.4 Å². The number of esters is 1. The first-order chi connectivity index (χ1) is 18.8. The molecule has 0 heterocycles. The second kappa shape index (κ2) is 14.3. The van der Waals surface area contributed by atoms with Crippen molar-refractivity contribution in [1.82, 2.24) is 5.32 Å². The van der Waals surface area contributed by atoms with E-state index in [4.69, 9.17) is 24.1 Å². The molecule has 3 rings (SSSR count). The highest BCUT2D eigenvalue weighted by Crippen LogP contribution is 2.41. The maximum Gasteiger partial charge on any atom is 0.306 e. The van der Waals surface area contributed by atoms with E-state index in [9.17, 15) is 9.59 Å². The molecule has 0 saturated heterocycles. The lowest BCUT2D eigenvalue weighted by Crippen LogP contribution is -2.47. The van der Waals surface area contributed by atoms with E-state index in [-0.39, 0.29) is 25.5 Å². The number of likely N-dealkylation sites (N-methyl/N-ethyl adjacent to an activating group) is 1. The van der Waals surface area contributed by atoms with Gasteiger partial charge in [-0.25, -0.2) is 0 Å². The Hall–Kier alpha value is -3.88. The van der Waals surface area contributed by atoms with E-state index < -0.39 is 23.6 Å². The van der Waals surface area contributed by atoms with Crippen LogP contribution >= 0.6 is 0 Å². The molecule has 8 nitrogen and oxygen atoms in total. The van der Waals surface area contributed by atoms with Crippen LogP contribution in [0.4, 0.5) is 0 Å². The molecule has 39 heavy (non-hydrogen) atoms. The Balaban J connectivity index is 2.03. The van der Waals surface area contributed by atoms with Crippen LogP contribution in [0.2, 0.25) is 0 Å². The van der Waals surface area contributed by atoms with Crippen LogP contribution < -0.4 is 14.8 Å². The molecule has 3 aromatic carbocycles. The number of rotatable bonds is 15. The second-order valence-corrected chi connectivity index (χ2v) is 9.07. The number of methoxy groups -OCH3 is 2. The van der Waals surface area contributed by atoms with Crippen LogP contribution in [0, 0.1) is 0 Å². The van der Waals surface area contributed by atoms with Gasteiger partial charge < -0.3 is 29.4 Å². The Labute approximate surface area is 229 Å². The minimum absolute atomic E-state index is 0.189. The number of carbonyl (C=O) groups excluding carboxylic acids is 1. The first-order valence-electron chi connectivity index (χ1n) is 13.0. The summed E-state index contributed by atoms with van der Waals surface area (Å²) in [5, 5.41) is 12.3. The zero-order valence-electron chi connectivity index (χ0n) is 22.9. The van der Waals surface area contributed by atoms with E-state index in [0.29, 0.717) is 6.54 Å². The van der Waals surface area contributed by atoms with E-state index in [2.05, 4.69) is 5.32 Å². The second-order valence-electron chi connectivity index (χ2n) is 9.07. The monoisotopic (exact) mass is 535 g/mol. The molecule has 0 spiro atoms. The molecule has 0 aliphatic heterocycles. The van der Waals surface area contributed by atoms with Gasteiger partial charge in [-0.15, -0.1) is 0 Å². The fourth-order valence-corrected chi connectivity index (χ4v) is 4.47. The predicted octanol–water partition coefficient (Wildman–Crippen LogP) is 4.79. The molecule has 0 aromatic heterocycles. The van der Waals surface area contributed by atoms with E-state index in [0.717, 1.165) is 28.2 Å². The summed E-state index contributed by atoms with van der Waals surface area (Å²) in [5.74, 6) is -0.157. The van der Waals surface area contributed by atoms with Gasteiger partial charge in [0.05, 0.1) is 39.7 Å². The third-order valence-electron chi connectivity index (χ3n) is 6.55. The molecule has 0 aliphatic rings. The van der Waals surface area contributed by atoms with Crippen LogP contribution in [0.3, 0.4) is 0 Å². The summed E-state index contributed by atoms with van der Waals surface area (Å²) in [6, 6.07) is 25.1. The van der Waals surface area contributed by atoms with Gasteiger partial charge in [0, 0.05) is 0 Å². The third-order valence-corrected chi connectivity index (χ3v) is 6.55. The fraction of sp³-hybridized carbons (Fsp3) is 0.355. The third kappa shape index (κ3) is 7.59. The fourth-order valence-electron chi connectivity index (χ4n) is 4.47. The van der Waals surface area contributed by atoms with Crippen molar-refractivity contribution in [3.63, 3.8) is 0 Å². The molecule has 2 unspecified atom stereocenters. The number of benzene rings is 3. The summed E-state index contributed by atoms with van der Waals surface area (Å²) in [5.41, 5.74) is 1.68. The van der Waals surface area contributed by atoms with Crippen molar-refractivity contribution in [1.29, 1.82) is 0 Å².